The molecular weight excluding hydrogens is 220 g/mol. The second-order valence-electron chi connectivity index (χ2n) is 5.08. The van der Waals surface area contributed by atoms with E-state index in [0.717, 1.165) is 18.7 Å². The highest BCUT2D eigenvalue weighted by Gasteiger charge is 2.09. The van der Waals surface area contributed by atoms with Crippen molar-refractivity contribution in [2.24, 2.45) is 5.92 Å². The Kier molecular flexibility index (Phi) is 4.17. The fraction of sp³-hybridized carbons (Fsp3) is 0.438. The predicted molar refractivity (Wildman–Crippen MR) is 75.3 cm³/mol. The molecule has 18 heavy (non-hydrogen) atoms. The number of nitriles is 1. The first-order valence-corrected chi connectivity index (χ1v) is 6.61. The molecule has 1 heterocycles. The molecule has 0 atom stereocenters. The number of rotatable bonds is 2. The van der Waals surface area contributed by atoms with Crippen LogP contribution in [0.4, 0.5) is 0 Å². The van der Waals surface area contributed by atoms with E-state index in [-0.39, 0.29) is 0 Å². The summed E-state index contributed by atoms with van der Waals surface area (Å²) in [6, 6.07) is 6.14. The maximum absolute atomic E-state index is 8.94. The summed E-state index contributed by atoms with van der Waals surface area (Å²) in [6.45, 7) is 6.41. The first-order chi connectivity index (χ1) is 8.70. The third-order valence-electron chi connectivity index (χ3n) is 3.64. The van der Waals surface area contributed by atoms with Gasteiger partial charge in [0.15, 0.2) is 0 Å². The van der Waals surface area contributed by atoms with Crippen molar-refractivity contribution in [3.8, 4) is 6.07 Å². The Bertz CT molecular complexity index is 465. The molecular formula is C16H20N2. The van der Waals surface area contributed by atoms with Gasteiger partial charge in [-0.05, 0) is 74.5 Å². The van der Waals surface area contributed by atoms with Crippen LogP contribution < -0.4 is 5.32 Å². The Morgan fingerprint density at radius 3 is 2.39 bits per heavy atom. The first-order valence-electron chi connectivity index (χ1n) is 6.61. The summed E-state index contributed by atoms with van der Waals surface area (Å²) in [4.78, 5) is 0. The van der Waals surface area contributed by atoms with Gasteiger partial charge in [0.1, 0.15) is 0 Å². The van der Waals surface area contributed by atoms with Crippen LogP contribution in [0.2, 0.25) is 0 Å². The van der Waals surface area contributed by atoms with E-state index in [0.29, 0.717) is 5.92 Å². The molecule has 0 aliphatic carbocycles. The Labute approximate surface area is 109 Å². The summed E-state index contributed by atoms with van der Waals surface area (Å²) in [5.74, 6) is 0.695. The van der Waals surface area contributed by atoms with Crippen molar-refractivity contribution in [3.05, 3.63) is 40.5 Å². The molecule has 0 amide bonds. The number of aryl methyl sites for hydroxylation is 2. The van der Waals surface area contributed by atoms with Crippen LogP contribution in [0.1, 0.15) is 35.1 Å². The molecule has 0 bridgehead atoms. The van der Waals surface area contributed by atoms with Crippen LogP contribution in [0.5, 0.6) is 0 Å². The van der Waals surface area contributed by atoms with Gasteiger partial charge in [0, 0.05) is 0 Å². The number of allylic oxidation sites excluding steroid dienone is 1. The lowest BCUT2D eigenvalue weighted by Crippen LogP contribution is -2.26. The van der Waals surface area contributed by atoms with Gasteiger partial charge in [-0.25, -0.2) is 0 Å². The topological polar surface area (TPSA) is 35.8 Å². The van der Waals surface area contributed by atoms with Crippen molar-refractivity contribution < 1.29 is 0 Å². The molecule has 1 fully saturated rings. The Morgan fingerprint density at radius 1 is 1.22 bits per heavy atom. The summed E-state index contributed by atoms with van der Waals surface area (Å²) in [5, 5.41) is 12.3. The fourth-order valence-electron chi connectivity index (χ4n) is 2.57. The van der Waals surface area contributed by atoms with Crippen molar-refractivity contribution in [2.45, 2.75) is 26.7 Å². The van der Waals surface area contributed by atoms with Gasteiger partial charge in [0.2, 0.25) is 0 Å². The highest BCUT2D eigenvalue weighted by molar-refractivity contribution is 5.60. The second kappa shape index (κ2) is 5.84. The standard InChI is InChI=1S/C16H20N2/c1-12-9-15(11-17)10-13(2)16(12)4-3-14-5-7-18-8-6-14/h3-4,9-10,14,18H,5-8H2,1-2H3/b4-3+. The summed E-state index contributed by atoms with van der Waals surface area (Å²) in [6.07, 6.45) is 7.03. The lowest BCUT2D eigenvalue weighted by atomic mass is 9.94. The normalized spacial score (nSPS) is 16.9. The molecule has 1 saturated heterocycles. The zero-order chi connectivity index (χ0) is 13.0. The fourth-order valence-corrected chi connectivity index (χ4v) is 2.57. The van der Waals surface area contributed by atoms with E-state index < -0.39 is 0 Å². The molecule has 1 aromatic carbocycles. The third-order valence-corrected chi connectivity index (χ3v) is 3.64. The van der Waals surface area contributed by atoms with Crippen molar-refractivity contribution in [1.82, 2.24) is 5.32 Å². The highest BCUT2D eigenvalue weighted by atomic mass is 14.9. The number of hydrogen-bond donors (Lipinski definition) is 1. The van der Waals surface area contributed by atoms with Crippen LogP contribution in [0.3, 0.4) is 0 Å². The number of hydrogen-bond acceptors (Lipinski definition) is 2. The van der Waals surface area contributed by atoms with Crippen molar-refractivity contribution in [1.29, 1.82) is 5.26 Å². The predicted octanol–water partition coefficient (Wildman–Crippen LogP) is 3.19. The zero-order valence-electron chi connectivity index (χ0n) is 11.2. The summed E-state index contributed by atoms with van der Waals surface area (Å²) in [5.41, 5.74) is 4.41. The quantitative estimate of drug-likeness (QED) is 0.861. The maximum Gasteiger partial charge on any atom is 0.0991 e. The molecule has 94 valence electrons. The molecule has 0 spiro atoms. The molecule has 2 nitrogen and oxygen atoms in total. The lowest BCUT2D eigenvalue weighted by molar-refractivity contribution is 0.438. The van der Waals surface area contributed by atoms with E-state index >= 15 is 0 Å². The minimum Gasteiger partial charge on any atom is -0.317 e. The molecule has 0 saturated carbocycles. The Hall–Kier alpha value is -1.59. The van der Waals surface area contributed by atoms with Crippen LogP contribution in [0.25, 0.3) is 6.08 Å². The largest absolute Gasteiger partial charge is 0.317 e. The van der Waals surface area contributed by atoms with Crippen LogP contribution in [0.15, 0.2) is 18.2 Å². The molecule has 2 heteroatoms. The Balaban J connectivity index is 2.18. The zero-order valence-corrected chi connectivity index (χ0v) is 11.2. The summed E-state index contributed by atoms with van der Waals surface area (Å²) in [7, 11) is 0. The molecule has 0 aromatic heterocycles. The van der Waals surface area contributed by atoms with Crippen LogP contribution in [-0.4, -0.2) is 13.1 Å². The lowest BCUT2D eigenvalue weighted by Gasteiger charge is -2.19. The molecule has 1 aliphatic heterocycles. The molecule has 1 aliphatic rings. The molecule has 0 radical (unpaired) electrons. The Morgan fingerprint density at radius 2 is 1.83 bits per heavy atom. The molecule has 1 aromatic rings. The molecule has 0 unspecified atom stereocenters. The number of nitrogens with zero attached hydrogens (tertiary/aromatic N) is 1. The third kappa shape index (κ3) is 3.00. The van der Waals surface area contributed by atoms with Crippen molar-refractivity contribution in [2.75, 3.05) is 13.1 Å². The smallest absolute Gasteiger partial charge is 0.0991 e. The van der Waals surface area contributed by atoms with Crippen LogP contribution in [0, 0.1) is 31.1 Å². The number of nitrogens with one attached hydrogen (secondary N) is 1. The monoisotopic (exact) mass is 240 g/mol. The maximum atomic E-state index is 8.94. The van der Waals surface area contributed by atoms with Gasteiger partial charge in [0.05, 0.1) is 11.6 Å². The molecule has 2 rings (SSSR count). The van der Waals surface area contributed by atoms with Crippen LogP contribution >= 0.6 is 0 Å². The molecule has 1 N–H and O–H groups in total. The van der Waals surface area contributed by atoms with E-state index in [9.17, 15) is 0 Å². The second-order valence-corrected chi connectivity index (χ2v) is 5.08. The van der Waals surface area contributed by atoms with E-state index in [4.69, 9.17) is 5.26 Å². The van der Waals surface area contributed by atoms with E-state index in [2.05, 4.69) is 37.4 Å². The van der Waals surface area contributed by atoms with Gasteiger partial charge in [-0.1, -0.05) is 12.2 Å². The van der Waals surface area contributed by atoms with Gasteiger partial charge >= 0.3 is 0 Å². The van der Waals surface area contributed by atoms with Gasteiger partial charge in [-0.2, -0.15) is 5.26 Å². The van der Waals surface area contributed by atoms with E-state index in [1.165, 1.54) is 29.5 Å². The van der Waals surface area contributed by atoms with Gasteiger partial charge in [-0.3, -0.25) is 0 Å². The number of piperidine rings is 1. The van der Waals surface area contributed by atoms with Crippen molar-refractivity contribution in [3.63, 3.8) is 0 Å². The number of benzene rings is 1. The van der Waals surface area contributed by atoms with Gasteiger partial charge in [0.25, 0.3) is 0 Å². The average Bonchev–Trinajstić information content (AvgIpc) is 2.38. The van der Waals surface area contributed by atoms with Crippen LogP contribution in [-0.2, 0) is 0 Å². The average molecular weight is 240 g/mol. The highest BCUT2D eigenvalue weighted by Crippen LogP contribution is 2.21. The van der Waals surface area contributed by atoms with E-state index in [1.807, 2.05) is 12.1 Å². The minimum atomic E-state index is 0.695. The van der Waals surface area contributed by atoms with Gasteiger partial charge in [-0.15, -0.1) is 0 Å². The van der Waals surface area contributed by atoms with E-state index in [1.54, 1.807) is 0 Å². The van der Waals surface area contributed by atoms with Gasteiger partial charge < -0.3 is 5.32 Å². The summed E-state index contributed by atoms with van der Waals surface area (Å²) >= 11 is 0. The minimum absolute atomic E-state index is 0.695. The first kappa shape index (κ1) is 12.9. The SMILES string of the molecule is Cc1cc(C#N)cc(C)c1/C=C/C1CCNCC1. The van der Waals surface area contributed by atoms with Crippen molar-refractivity contribution >= 4 is 6.08 Å². The summed E-state index contributed by atoms with van der Waals surface area (Å²) < 4.78 is 0.